The molecule has 7 nitrogen and oxygen atoms in total. The highest BCUT2D eigenvalue weighted by atomic mass is 16.6. The number of carbonyl (C=O) groups excluding carboxylic acids is 2. The van der Waals surface area contributed by atoms with Crippen molar-refractivity contribution in [2.24, 2.45) is 0 Å². The minimum absolute atomic E-state index is 0.349. The van der Waals surface area contributed by atoms with Gasteiger partial charge >= 0.3 is 11.9 Å². The molecule has 0 unspecified atom stereocenters. The van der Waals surface area contributed by atoms with Crippen molar-refractivity contribution in [3.63, 3.8) is 0 Å². The van der Waals surface area contributed by atoms with Gasteiger partial charge in [-0.25, -0.2) is 4.79 Å². The Hall–Kier alpha value is -7.38. The lowest BCUT2D eigenvalue weighted by Crippen LogP contribution is -2.41. The fourth-order valence-electron chi connectivity index (χ4n) is 7.70. The van der Waals surface area contributed by atoms with Gasteiger partial charge in [0.15, 0.2) is 0 Å². The standard InChI is InChI=1S/C58H57NO6/c1-38-11-23-48(24-12-38)59(49-25-13-39(2)14-26-49)50-27-15-43(16-28-50)37-53(44-17-29-51(62-10)30-18-44)45-19-31-52(32-20-45)64-56(61)58(8,9)65-55-34-22-47(36-41(55)4)57(6,7)46-21-33-54(40(3)35-46)63-42(5)60/h11-37H,1-10H3. The predicted octanol–water partition coefficient (Wildman–Crippen LogP) is 14.0. The molecule has 0 radical (unpaired) electrons. The Morgan fingerprint density at radius 2 is 0.969 bits per heavy atom. The molecule has 0 bridgehead atoms. The fraction of sp³-hybridized carbons (Fsp3) is 0.207. The van der Waals surface area contributed by atoms with Gasteiger partial charge in [-0.1, -0.05) is 110 Å². The van der Waals surface area contributed by atoms with Crippen LogP contribution in [-0.2, 0) is 15.0 Å². The van der Waals surface area contributed by atoms with Gasteiger partial charge in [0.2, 0.25) is 5.60 Å². The highest BCUT2D eigenvalue weighted by Gasteiger charge is 2.34. The van der Waals surface area contributed by atoms with Crippen molar-refractivity contribution in [2.75, 3.05) is 12.0 Å². The molecular formula is C58H57NO6. The molecule has 330 valence electrons. The van der Waals surface area contributed by atoms with Gasteiger partial charge in [-0.2, -0.15) is 0 Å². The van der Waals surface area contributed by atoms with Gasteiger partial charge in [0.1, 0.15) is 23.0 Å². The average Bonchev–Trinajstić information content (AvgIpc) is 3.29. The molecule has 7 aromatic carbocycles. The van der Waals surface area contributed by atoms with Crippen LogP contribution in [0, 0.1) is 27.7 Å². The summed E-state index contributed by atoms with van der Waals surface area (Å²) >= 11 is 0. The number of carbonyl (C=O) groups is 2. The van der Waals surface area contributed by atoms with E-state index in [1.54, 1.807) is 21.0 Å². The summed E-state index contributed by atoms with van der Waals surface area (Å²) in [7, 11) is 1.66. The predicted molar refractivity (Wildman–Crippen MR) is 263 cm³/mol. The zero-order valence-corrected chi connectivity index (χ0v) is 39.0. The van der Waals surface area contributed by atoms with Crippen LogP contribution in [0.15, 0.2) is 158 Å². The number of hydrogen-bond acceptors (Lipinski definition) is 7. The normalized spacial score (nSPS) is 11.8. The number of anilines is 3. The number of benzene rings is 7. The Kier molecular flexibility index (Phi) is 13.5. The van der Waals surface area contributed by atoms with Crippen LogP contribution in [0.2, 0.25) is 0 Å². The summed E-state index contributed by atoms with van der Waals surface area (Å²) in [4.78, 5) is 27.5. The van der Waals surface area contributed by atoms with E-state index in [0.717, 1.165) is 67.3 Å². The molecule has 7 heteroatoms. The lowest BCUT2D eigenvalue weighted by molar-refractivity contribution is -0.149. The second-order valence-electron chi connectivity index (χ2n) is 17.6. The molecule has 7 aromatic rings. The van der Waals surface area contributed by atoms with Crippen molar-refractivity contribution >= 4 is 40.6 Å². The number of rotatable bonds is 14. The van der Waals surface area contributed by atoms with Crippen LogP contribution in [0.3, 0.4) is 0 Å². The summed E-state index contributed by atoms with van der Waals surface area (Å²) in [5.74, 6) is 1.45. The topological polar surface area (TPSA) is 74.3 Å². The molecule has 0 spiro atoms. The van der Waals surface area contributed by atoms with Crippen molar-refractivity contribution in [3.05, 3.63) is 208 Å². The van der Waals surface area contributed by atoms with Crippen molar-refractivity contribution < 1.29 is 28.5 Å². The van der Waals surface area contributed by atoms with Crippen LogP contribution in [0.5, 0.6) is 23.0 Å². The molecule has 65 heavy (non-hydrogen) atoms. The zero-order chi connectivity index (χ0) is 46.5. The van der Waals surface area contributed by atoms with Gasteiger partial charge < -0.3 is 23.8 Å². The molecule has 0 N–H and O–H groups in total. The largest absolute Gasteiger partial charge is 0.497 e. The minimum atomic E-state index is -1.29. The van der Waals surface area contributed by atoms with Crippen molar-refractivity contribution in [3.8, 4) is 23.0 Å². The molecule has 0 fully saturated rings. The molecule has 0 saturated carbocycles. The van der Waals surface area contributed by atoms with E-state index in [1.807, 2.05) is 92.7 Å². The third-order valence-electron chi connectivity index (χ3n) is 11.7. The first-order valence-electron chi connectivity index (χ1n) is 21.8. The van der Waals surface area contributed by atoms with Gasteiger partial charge in [0.05, 0.1) is 7.11 Å². The highest BCUT2D eigenvalue weighted by molar-refractivity contribution is 5.92. The van der Waals surface area contributed by atoms with Crippen molar-refractivity contribution in [2.45, 2.75) is 73.3 Å². The summed E-state index contributed by atoms with van der Waals surface area (Å²) in [6.07, 6.45) is 2.17. The number of aryl methyl sites for hydroxylation is 4. The third-order valence-corrected chi connectivity index (χ3v) is 11.7. The molecule has 0 aliphatic rings. The van der Waals surface area contributed by atoms with Crippen molar-refractivity contribution in [1.82, 2.24) is 0 Å². The maximum Gasteiger partial charge on any atom is 0.355 e. The summed E-state index contributed by atoms with van der Waals surface area (Å²) in [5.41, 5.74) is 11.9. The number of ether oxygens (including phenoxy) is 4. The molecule has 0 atom stereocenters. The molecule has 0 amide bonds. The van der Waals surface area contributed by atoms with Crippen LogP contribution < -0.4 is 23.8 Å². The first kappa shape index (κ1) is 45.6. The molecule has 7 rings (SSSR count). The maximum absolute atomic E-state index is 13.7. The number of esters is 2. The van der Waals surface area contributed by atoms with E-state index >= 15 is 0 Å². The number of hydrogen-bond donors (Lipinski definition) is 0. The van der Waals surface area contributed by atoms with Gasteiger partial charge in [0.25, 0.3) is 0 Å². The summed E-state index contributed by atoms with van der Waals surface area (Å²) in [6.45, 7) is 17.2. The average molecular weight is 864 g/mol. The Morgan fingerprint density at radius 1 is 0.523 bits per heavy atom. The van der Waals surface area contributed by atoms with E-state index in [2.05, 4.69) is 118 Å². The number of nitrogens with zero attached hydrogens (tertiary/aromatic N) is 1. The van der Waals surface area contributed by atoms with Crippen LogP contribution >= 0.6 is 0 Å². The van der Waals surface area contributed by atoms with E-state index < -0.39 is 11.6 Å². The zero-order valence-electron chi connectivity index (χ0n) is 39.0. The summed E-state index contributed by atoms with van der Waals surface area (Å²) < 4.78 is 23.1. The van der Waals surface area contributed by atoms with E-state index in [9.17, 15) is 9.59 Å². The van der Waals surface area contributed by atoms with Crippen LogP contribution in [-0.4, -0.2) is 24.6 Å². The molecule has 0 aliphatic carbocycles. The molecular weight excluding hydrogens is 807 g/mol. The van der Waals surface area contributed by atoms with E-state index in [-0.39, 0.29) is 11.4 Å². The third kappa shape index (κ3) is 10.7. The maximum atomic E-state index is 13.7. The van der Waals surface area contributed by atoms with Crippen LogP contribution in [0.4, 0.5) is 17.1 Å². The summed E-state index contributed by atoms with van der Waals surface area (Å²) in [6, 6.07) is 53.2. The Morgan fingerprint density at radius 3 is 1.42 bits per heavy atom. The minimum Gasteiger partial charge on any atom is -0.497 e. The fourth-order valence-corrected chi connectivity index (χ4v) is 7.70. The van der Waals surface area contributed by atoms with Crippen LogP contribution in [0.1, 0.15) is 84.7 Å². The van der Waals surface area contributed by atoms with Gasteiger partial charge in [-0.05, 0) is 165 Å². The second-order valence-corrected chi connectivity index (χ2v) is 17.6. The van der Waals surface area contributed by atoms with Gasteiger partial charge in [-0.15, -0.1) is 0 Å². The highest BCUT2D eigenvalue weighted by Crippen LogP contribution is 2.38. The first-order valence-corrected chi connectivity index (χ1v) is 21.8. The first-order chi connectivity index (χ1) is 31.0. The van der Waals surface area contributed by atoms with Crippen molar-refractivity contribution in [1.29, 1.82) is 0 Å². The Labute approximate surface area is 383 Å². The lowest BCUT2D eigenvalue weighted by atomic mass is 9.77. The second kappa shape index (κ2) is 19.2. The van der Waals surface area contributed by atoms with Crippen LogP contribution in [0.25, 0.3) is 11.6 Å². The monoisotopic (exact) mass is 863 g/mol. The molecule has 0 aromatic heterocycles. The summed E-state index contributed by atoms with van der Waals surface area (Å²) in [5, 5.41) is 0. The van der Waals surface area contributed by atoms with E-state index in [0.29, 0.717) is 17.2 Å². The van der Waals surface area contributed by atoms with Gasteiger partial charge in [-0.3, -0.25) is 4.79 Å². The molecule has 0 saturated heterocycles. The number of methoxy groups -OCH3 is 1. The Balaban J connectivity index is 1.09. The SMILES string of the molecule is COc1ccc(C(=Cc2ccc(N(c3ccc(C)cc3)c3ccc(C)cc3)cc2)c2ccc(OC(=O)C(C)(C)Oc3ccc(C(C)(C)c4ccc(OC(C)=O)c(C)c4)cc3C)cc2)cc1. The van der Waals surface area contributed by atoms with E-state index in [1.165, 1.54) is 18.1 Å². The molecule has 0 heterocycles. The van der Waals surface area contributed by atoms with E-state index in [4.69, 9.17) is 18.9 Å². The van der Waals surface area contributed by atoms with Gasteiger partial charge in [0, 0.05) is 29.4 Å². The quantitative estimate of drug-likeness (QED) is 0.0612. The Bertz CT molecular complexity index is 2770. The molecule has 0 aliphatic heterocycles. The lowest BCUT2D eigenvalue weighted by Gasteiger charge is -2.29. The smallest absolute Gasteiger partial charge is 0.355 e.